The van der Waals surface area contributed by atoms with Crippen molar-refractivity contribution < 1.29 is 0 Å². The Balaban J connectivity index is 2.40. The van der Waals surface area contributed by atoms with Gasteiger partial charge in [0.1, 0.15) is 0 Å². The van der Waals surface area contributed by atoms with Crippen molar-refractivity contribution >= 4 is 33.5 Å². The Bertz CT molecular complexity index is 601. The fraction of sp³-hybridized carbons (Fsp3) is 0.0833. The van der Waals surface area contributed by atoms with Crippen LogP contribution in [0.15, 0.2) is 41.5 Å². The molecule has 0 saturated carbocycles. The van der Waals surface area contributed by atoms with Gasteiger partial charge in [-0.2, -0.15) is 5.26 Å². The molecular formula is C12H10N4S. The molecule has 0 fully saturated rings. The minimum absolute atomic E-state index is 0.579. The van der Waals surface area contributed by atoms with Crippen molar-refractivity contribution in [2.75, 3.05) is 6.26 Å². The Kier molecular flexibility index (Phi) is 3.58. The first-order chi connectivity index (χ1) is 8.33. The van der Waals surface area contributed by atoms with Crippen LogP contribution in [0.1, 0.15) is 0 Å². The van der Waals surface area contributed by atoms with Crippen molar-refractivity contribution in [1.82, 2.24) is 10.3 Å². The quantitative estimate of drug-likeness (QED) is 0.361. The molecule has 0 aliphatic rings. The van der Waals surface area contributed by atoms with Crippen LogP contribution in [-0.4, -0.2) is 16.4 Å². The molecule has 0 aliphatic carbocycles. The van der Waals surface area contributed by atoms with Crippen molar-refractivity contribution in [3.8, 4) is 6.19 Å². The first kappa shape index (κ1) is 11.4. The second kappa shape index (κ2) is 5.32. The van der Waals surface area contributed by atoms with Crippen molar-refractivity contribution in [2.24, 2.45) is 4.99 Å². The van der Waals surface area contributed by atoms with Crippen molar-refractivity contribution in [2.45, 2.75) is 0 Å². The van der Waals surface area contributed by atoms with Crippen molar-refractivity contribution in [3.05, 3.63) is 36.5 Å². The lowest BCUT2D eigenvalue weighted by molar-refractivity contribution is 1.28. The lowest BCUT2D eigenvalue weighted by Crippen LogP contribution is -2.12. The molecule has 0 saturated heterocycles. The normalized spacial score (nSPS) is 11.2. The first-order valence-corrected chi connectivity index (χ1v) is 6.18. The smallest absolute Gasteiger partial charge is 0.183 e. The molecule has 0 amide bonds. The van der Waals surface area contributed by atoms with E-state index in [0.29, 0.717) is 5.17 Å². The van der Waals surface area contributed by atoms with Gasteiger partial charge in [-0.3, -0.25) is 10.3 Å². The van der Waals surface area contributed by atoms with Gasteiger partial charge in [0, 0.05) is 11.6 Å². The summed E-state index contributed by atoms with van der Waals surface area (Å²) in [5.74, 6) is 0. The highest BCUT2D eigenvalue weighted by molar-refractivity contribution is 8.13. The molecule has 1 aromatic heterocycles. The minimum atomic E-state index is 0.579. The Hall–Kier alpha value is -2.06. The third-order valence-corrected chi connectivity index (χ3v) is 2.75. The summed E-state index contributed by atoms with van der Waals surface area (Å²) in [5, 5.41) is 12.7. The average molecular weight is 242 g/mol. The van der Waals surface area contributed by atoms with E-state index in [0.717, 1.165) is 16.6 Å². The number of pyridine rings is 1. The zero-order chi connectivity index (χ0) is 12.1. The molecule has 0 atom stereocenters. The number of benzene rings is 1. The van der Waals surface area contributed by atoms with Gasteiger partial charge in [0.15, 0.2) is 11.4 Å². The molecule has 0 unspecified atom stereocenters. The number of amidine groups is 1. The van der Waals surface area contributed by atoms with E-state index in [-0.39, 0.29) is 0 Å². The number of nitrogens with one attached hydrogen (secondary N) is 1. The van der Waals surface area contributed by atoms with Gasteiger partial charge in [0.2, 0.25) is 0 Å². The Morgan fingerprint density at radius 3 is 3.12 bits per heavy atom. The van der Waals surface area contributed by atoms with E-state index < -0.39 is 0 Å². The lowest BCUT2D eigenvalue weighted by atomic mass is 10.2. The summed E-state index contributed by atoms with van der Waals surface area (Å²) in [4.78, 5) is 8.57. The molecule has 17 heavy (non-hydrogen) atoms. The summed E-state index contributed by atoms with van der Waals surface area (Å²) < 4.78 is 0. The summed E-state index contributed by atoms with van der Waals surface area (Å²) in [6.07, 6.45) is 5.49. The summed E-state index contributed by atoms with van der Waals surface area (Å²) in [7, 11) is 0. The Morgan fingerprint density at radius 2 is 2.35 bits per heavy atom. The molecule has 5 heteroatoms. The number of thioether (sulfide) groups is 1. The highest BCUT2D eigenvalue weighted by atomic mass is 32.2. The van der Waals surface area contributed by atoms with Gasteiger partial charge in [0.25, 0.3) is 0 Å². The van der Waals surface area contributed by atoms with Gasteiger partial charge in [-0.05, 0) is 30.5 Å². The molecule has 0 spiro atoms. The molecule has 0 bridgehead atoms. The number of nitrogens with zero attached hydrogens (tertiary/aromatic N) is 3. The van der Waals surface area contributed by atoms with Gasteiger partial charge in [-0.1, -0.05) is 17.8 Å². The van der Waals surface area contributed by atoms with Crippen LogP contribution in [0.5, 0.6) is 0 Å². The molecule has 1 heterocycles. The highest BCUT2D eigenvalue weighted by Crippen LogP contribution is 2.20. The monoisotopic (exact) mass is 242 g/mol. The van der Waals surface area contributed by atoms with Gasteiger partial charge < -0.3 is 0 Å². The number of hydrogen-bond acceptors (Lipinski definition) is 4. The second-order valence-electron chi connectivity index (χ2n) is 3.24. The molecule has 84 valence electrons. The van der Waals surface area contributed by atoms with E-state index >= 15 is 0 Å². The molecule has 2 rings (SSSR count). The van der Waals surface area contributed by atoms with Crippen LogP contribution in [0.4, 0.5) is 5.69 Å². The standard InChI is InChI=1S/C12H10N4S/c1-17-12(15-8-13)16-10-4-5-11-9(7-10)3-2-6-14-11/h2-7H,1H3,(H,15,16). The van der Waals surface area contributed by atoms with Crippen LogP contribution in [-0.2, 0) is 0 Å². The van der Waals surface area contributed by atoms with E-state index in [2.05, 4.69) is 15.3 Å². The first-order valence-electron chi connectivity index (χ1n) is 4.96. The van der Waals surface area contributed by atoms with E-state index in [4.69, 9.17) is 5.26 Å². The highest BCUT2D eigenvalue weighted by Gasteiger charge is 1.98. The summed E-state index contributed by atoms with van der Waals surface area (Å²) in [6.45, 7) is 0. The molecule has 0 aliphatic heterocycles. The largest absolute Gasteiger partial charge is 0.271 e. The number of aliphatic imine (C=N–C) groups is 1. The van der Waals surface area contributed by atoms with Gasteiger partial charge in [-0.25, -0.2) is 4.99 Å². The van der Waals surface area contributed by atoms with Crippen LogP contribution in [0, 0.1) is 11.5 Å². The van der Waals surface area contributed by atoms with Crippen molar-refractivity contribution in [1.29, 1.82) is 5.26 Å². The van der Waals surface area contributed by atoms with Crippen LogP contribution >= 0.6 is 11.8 Å². The Morgan fingerprint density at radius 1 is 1.47 bits per heavy atom. The van der Waals surface area contributed by atoms with Crippen molar-refractivity contribution in [3.63, 3.8) is 0 Å². The van der Waals surface area contributed by atoms with Gasteiger partial charge in [-0.15, -0.1) is 0 Å². The predicted octanol–water partition coefficient (Wildman–Crippen LogP) is 2.66. The summed E-state index contributed by atoms with van der Waals surface area (Å²) in [6, 6.07) is 9.61. The molecule has 4 nitrogen and oxygen atoms in total. The van der Waals surface area contributed by atoms with E-state index in [1.165, 1.54) is 11.8 Å². The van der Waals surface area contributed by atoms with Crippen LogP contribution in [0.2, 0.25) is 0 Å². The maximum atomic E-state index is 8.55. The second-order valence-corrected chi connectivity index (χ2v) is 4.03. The molecule has 0 radical (unpaired) electrons. The van der Waals surface area contributed by atoms with Crippen LogP contribution in [0.25, 0.3) is 10.9 Å². The average Bonchev–Trinajstić information content (AvgIpc) is 2.38. The number of aromatic nitrogens is 1. The maximum Gasteiger partial charge on any atom is 0.183 e. The third kappa shape index (κ3) is 2.74. The summed E-state index contributed by atoms with van der Waals surface area (Å²) >= 11 is 1.40. The minimum Gasteiger partial charge on any atom is -0.271 e. The fourth-order valence-electron chi connectivity index (χ4n) is 1.42. The van der Waals surface area contributed by atoms with Gasteiger partial charge in [0.05, 0.1) is 11.2 Å². The van der Waals surface area contributed by atoms with E-state index in [1.54, 1.807) is 6.20 Å². The molecule has 1 aromatic carbocycles. The maximum absolute atomic E-state index is 8.55. The van der Waals surface area contributed by atoms with Gasteiger partial charge >= 0.3 is 0 Å². The van der Waals surface area contributed by atoms with E-state index in [1.807, 2.05) is 42.8 Å². The number of hydrogen-bond donors (Lipinski definition) is 1. The SMILES string of the molecule is CSC(=Nc1ccc2ncccc2c1)NC#N. The van der Waals surface area contributed by atoms with E-state index in [9.17, 15) is 0 Å². The fourth-order valence-corrected chi connectivity index (χ4v) is 1.77. The molecule has 1 N–H and O–H groups in total. The van der Waals surface area contributed by atoms with Crippen LogP contribution < -0.4 is 5.32 Å². The Labute approximate surface area is 103 Å². The zero-order valence-electron chi connectivity index (χ0n) is 9.21. The molecule has 2 aromatic rings. The predicted molar refractivity (Wildman–Crippen MR) is 71.1 cm³/mol. The zero-order valence-corrected chi connectivity index (χ0v) is 10.0. The molecular weight excluding hydrogens is 232 g/mol. The van der Waals surface area contributed by atoms with Crippen LogP contribution in [0.3, 0.4) is 0 Å². The third-order valence-electron chi connectivity index (χ3n) is 2.17. The number of nitriles is 1. The topological polar surface area (TPSA) is 61.1 Å². The summed E-state index contributed by atoms with van der Waals surface area (Å²) in [5.41, 5.74) is 1.74. The number of rotatable bonds is 1. The number of fused-ring (bicyclic) bond motifs is 1. The lowest BCUT2D eigenvalue weighted by Gasteiger charge is -2.01.